The zero-order valence-electron chi connectivity index (χ0n) is 15.6. The van der Waals surface area contributed by atoms with E-state index in [-0.39, 0.29) is 5.91 Å². The molecule has 0 radical (unpaired) electrons. The smallest absolute Gasteiger partial charge is 0.262 e. The molecule has 1 N–H and O–H groups in total. The average Bonchev–Trinajstić information content (AvgIpc) is 3.09. The number of aromatic nitrogens is 1. The van der Waals surface area contributed by atoms with Crippen molar-refractivity contribution in [1.82, 2.24) is 10.3 Å². The highest BCUT2D eigenvalue weighted by Crippen LogP contribution is 2.42. The van der Waals surface area contributed by atoms with Crippen molar-refractivity contribution in [3.05, 3.63) is 64.1 Å². The van der Waals surface area contributed by atoms with E-state index in [0.717, 1.165) is 32.1 Å². The Hall–Kier alpha value is -2.47. The maximum absolute atomic E-state index is 13.0. The molecule has 1 amide bonds. The summed E-state index contributed by atoms with van der Waals surface area (Å²) in [5.74, 6) is -0.107. The number of hydrogen-bond donors (Lipinski definition) is 1. The third kappa shape index (κ3) is 3.49. The topological polar surface area (TPSA) is 51.2 Å². The minimum atomic E-state index is -0.107. The van der Waals surface area contributed by atoms with Crippen LogP contribution in [0.15, 0.2) is 48.7 Å². The van der Waals surface area contributed by atoms with Crippen molar-refractivity contribution in [1.29, 1.82) is 0 Å². The van der Waals surface area contributed by atoms with Gasteiger partial charge in [-0.1, -0.05) is 41.4 Å². The maximum atomic E-state index is 13.0. The molecule has 0 atom stereocenters. The average molecular weight is 411 g/mol. The number of benzene rings is 2. The molecule has 0 bridgehead atoms. The number of fused-ring (bicyclic) bond motifs is 3. The number of halogens is 1. The van der Waals surface area contributed by atoms with Crippen LogP contribution in [0.25, 0.3) is 32.1 Å². The molecule has 4 rings (SSSR count). The molecular weight excluding hydrogens is 392 g/mol. The first-order chi connectivity index (χ1) is 13.6. The van der Waals surface area contributed by atoms with Gasteiger partial charge in [0.05, 0.1) is 12.1 Å². The Morgan fingerprint density at radius 2 is 1.96 bits per heavy atom. The summed E-state index contributed by atoms with van der Waals surface area (Å²) in [5, 5.41) is 5.51. The second kappa shape index (κ2) is 7.87. The summed E-state index contributed by atoms with van der Waals surface area (Å²) < 4.78 is 6.06. The Kier molecular flexibility index (Phi) is 5.31. The number of carbonyl (C=O) groups is 1. The predicted molar refractivity (Wildman–Crippen MR) is 117 cm³/mol. The van der Waals surface area contributed by atoms with E-state index in [1.165, 1.54) is 16.9 Å². The van der Waals surface area contributed by atoms with Gasteiger partial charge in [-0.3, -0.25) is 9.78 Å². The number of thiophene rings is 1. The maximum Gasteiger partial charge on any atom is 0.262 e. The lowest BCUT2D eigenvalue weighted by atomic mass is 10.0. The molecule has 0 spiro atoms. The van der Waals surface area contributed by atoms with Gasteiger partial charge in [0.2, 0.25) is 0 Å². The van der Waals surface area contributed by atoms with Crippen molar-refractivity contribution in [3.8, 4) is 11.1 Å². The number of rotatable bonds is 5. The predicted octanol–water partition coefficient (Wildman–Crippen LogP) is 5.45. The third-order valence-corrected chi connectivity index (χ3v) is 6.09. The van der Waals surface area contributed by atoms with Crippen LogP contribution in [0.5, 0.6) is 0 Å². The number of carbonyl (C=O) groups excluding carboxylic acids is 1. The lowest BCUT2D eigenvalue weighted by Crippen LogP contribution is -2.26. The molecule has 6 heteroatoms. The highest BCUT2D eigenvalue weighted by molar-refractivity contribution is 7.22. The fraction of sp³-hybridized carbons (Fsp3) is 0.182. The van der Waals surface area contributed by atoms with Gasteiger partial charge in [0.1, 0.15) is 4.88 Å². The van der Waals surface area contributed by atoms with Gasteiger partial charge in [-0.05, 0) is 30.7 Å². The molecule has 2 aromatic heterocycles. The Morgan fingerprint density at radius 1 is 1.18 bits per heavy atom. The van der Waals surface area contributed by atoms with Gasteiger partial charge in [0.25, 0.3) is 5.91 Å². The molecule has 0 saturated carbocycles. The molecule has 0 fully saturated rings. The molecule has 0 aliphatic rings. The molecule has 4 aromatic rings. The minimum Gasteiger partial charge on any atom is -0.383 e. The highest BCUT2D eigenvalue weighted by Gasteiger charge is 2.21. The largest absolute Gasteiger partial charge is 0.383 e. The third-order valence-electron chi connectivity index (χ3n) is 4.62. The van der Waals surface area contributed by atoms with Crippen molar-refractivity contribution in [2.75, 3.05) is 20.3 Å². The van der Waals surface area contributed by atoms with E-state index in [9.17, 15) is 4.79 Å². The van der Waals surface area contributed by atoms with Crippen molar-refractivity contribution < 1.29 is 9.53 Å². The SMILES string of the molecule is COCCNC(=O)c1sc2c(cnc3ccc(Cl)cc32)c1-c1ccc(C)cc1. The monoisotopic (exact) mass is 410 g/mol. The van der Waals surface area contributed by atoms with Gasteiger partial charge < -0.3 is 10.1 Å². The summed E-state index contributed by atoms with van der Waals surface area (Å²) >= 11 is 7.71. The molecule has 28 heavy (non-hydrogen) atoms. The van der Waals surface area contributed by atoms with Gasteiger partial charge in [-0.25, -0.2) is 0 Å². The first-order valence-corrected chi connectivity index (χ1v) is 10.1. The summed E-state index contributed by atoms with van der Waals surface area (Å²) in [4.78, 5) is 18.2. The van der Waals surface area contributed by atoms with Gasteiger partial charge in [-0.15, -0.1) is 11.3 Å². The number of hydrogen-bond acceptors (Lipinski definition) is 4. The molecule has 0 aliphatic heterocycles. The number of nitrogens with one attached hydrogen (secondary N) is 1. The van der Waals surface area contributed by atoms with Gasteiger partial charge in [0, 0.05) is 45.9 Å². The van der Waals surface area contributed by atoms with Crippen molar-refractivity contribution >= 4 is 49.8 Å². The first kappa shape index (κ1) is 18.9. The first-order valence-electron chi connectivity index (χ1n) is 8.93. The Morgan fingerprint density at radius 3 is 2.71 bits per heavy atom. The molecule has 4 nitrogen and oxygen atoms in total. The number of amides is 1. The van der Waals surface area contributed by atoms with E-state index < -0.39 is 0 Å². The van der Waals surface area contributed by atoms with E-state index in [4.69, 9.17) is 16.3 Å². The highest BCUT2D eigenvalue weighted by atomic mass is 35.5. The summed E-state index contributed by atoms with van der Waals surface area (Å²) in [6, 6.07) is 13.8. The number of pyridine rings is 1. The number of methoxy groups -OCH3 is 1. The van der Waals surface area contributed by atoms with E-state index in [2.05, 4.69) is 22.4 Å². The van der Waals surface area contributed by atoms with E-state index in [1.54, 1.807) is 7.11 Å². The van der Waals surface area contributed by atoms with Gasteiger partial charge in [-0.2, -0.15) is 0 Å². The normalized spacial score (nSPS) is 11.2. The van der Waals surface area contributed by atoms with Gasteiger partial charge in [0.15, 0.2) is 0 Å². The summed E-state index contributed by atoms with van der Waals surface area (Å²) in [6.45, 7) is 2.98. The molecule has 0 unspecified atom stereocenters. The van der Waals surface area contributed by atoms with Crippen LogP contribution in [-0.2, 0) is 4.74 Å². The Labute approximate surface area is 172 Å². The molecule has 142 valence electrons. The quantitative estimate of drug-likeness (QED) is 0.445. The second-order valence-electron chi connectivity index (χ2n) is 6.58. The molecule has 0 aliphatic carbocycles. The van der Waals surface area contributed by atoms with Crippen molar-refractivity contribution in [2.45, 2.75) is 6.92 Å². The van der Waals surface area contributed by atoms with E-state index in [0.29, 0.717) is 23.1 Å². The van der Waals surface area contributed by atoms with Gasteiger partial charge >= 0.3 is 0 Å². The zero-order chi connectivity index (χ0) is 19.7. The standard InChI is InChI=1S/C22H19ClN2O2S/c1-13-3-5-14(6-4-13)19-17-12-25-18-8-7-15(23)11-16(18)20(17)28-21(19)22(26)24-9-10-27-2/h3-8,11-12H,9-10H2,1-2H3,(H,24,26). The molecule has 0 saturated heterocycles. The van der Waals surface area contributed by atoms with E-state index >= 15 is 0 Å². The molecular formula is C22H19ClN2O2S. The minimum absolute atomic E-state index is 0.107. The summed E-state index contributed by atoms with van der Waals surface area (Å²) in [5.41, 5.74) is 3.94. The van der Waals surface area contributed by atoms with Crippen LogP contribution in [-0.4, -0.2) is 31.2 Å². The number of ether oxygens (including phenoxy) is 1. The Bertz CT molecular complexity index is 1170. The van der Waals surface area contributed by atoms with Crippen LogP contribution in [0.2, 0.25) is 5.02 Å². The summed E-state index contributed by atoms with van der Waals surface area (Å²) in [7, 11) is 1.62. The molecule has 2 heterocycles. The fourth-order valence-corrected chi connectivity index (χ4v) is 4.63. The van der Waals surface area contributed by atoms with Crippen molar-refractivity contribution in [2.24, 2.45) is 0 Å². The van der Waals surface area contributed by atoms with Crippen LogP contribution >= 0.6 is 22.9 Å². The van der Waals surface area contributed by atoms with Crippen molar-refractivity contribution in [3.63, 3.8) is 0 Å². The lowest BCUT2D eigenvalue weighted by molar-refractivity contribution is 0.0942. The molecule has 2 aromatic carbocycles. The lowest BCUT2D eigenvalue weighted by Gasteiger charge is -2.07. The number of nitrogens with zero attached hydrogens (tertiary/aromatic N) is 1. The van der Waals surface area contributed by atoms with Crippen LogP contribution in [0.3, 0.4) is 0 Å². The van der Waals surface area contributed by atoms with Crippen LogP contribution in [0.4, 0.5) is 0 Å². The fourth-order valence-electron chi connectivity index (χ4n) is 3.22. The second-order valence-corrected chi connectivity index (χ2v) is 8.04. The zero-order valence-corrected chi connectivity index (χ0v) is 17.2. The van der Waals surface area contributed by atoms with E-state index in [1.807, 2.05) is 43.5 Å². The Balaban J connectivity index is 1.95. The van der Waals surface area contributed by atoms with Crippen LogP contribution in [0.1, 0.15) is 15.2 Å². The number of aryl methyl sites for hydroxylation is 1. The van der Waals surface area contributed by atoms with Crippen LogP contribution < -0.4 is 5.32 Å². The van der Waals surface area contributed by atoms with Crippen LogP contribution in [0, 0.1) is 6.92 Å². The summed E-state index contributed by atoms with van der Waals surface area (Å²) in [6.07, 6.45) is 1.85.